The lowest BCUT2D eigenvalue weighted by atomic mass is 10.2. The quantitative estimate of drug-likeness (QED) is 0.411. The Bertz CT molecular complexity index is 1490. The fourth-order valence-electron chi connectivity index (χ4n) is 3.53. The van der Waals surface area contributed by atoms with Crippen LogP contribution in [0.3, 0.4) is 0 Å². The first-order chi connectivity index (χ1) is 15.0. The number of hydrogen-bond donors (Lipinski definition) is 3. The molecule has 5 aromatic rings. The molecule has 3 heterocycles. The van der Waals surface area contributed by atoms with Gasteiger partial charge >= 0.3 is 0 Å². The number of anilines is 2. The van der Waals surface area contributed by atoms with Crippen LogP contribution in [0, 0.1) is 5.82 Å². The summed E-state index contributed by atoms with van der Waals surface area (Å²) in [6, 6.07) is 12.3. The number of fused-ring (bicyclic) bond motifs is 2. The molecule has 154 valence electrons. The number of rotatable bonds is 4. The smallest absolute Gasteiger partial charge is 0.266 e. The average molecular weight is 416 g/mol. The Labute approximate surface area is 174 Å². The molecule has 0 radical (unpaired) electrons. The minimum Gasteiger partial charge on any atom is -0.368 e. The topological polar surface area (TPSA) is 127 Å². The minimum absolute atomic E-state index is 0.0699. The van der Waals surface area contributed by atoms with Gasteiger partial charge in [-0.25, -0.2) is 14.4 Å². The highest BCUT2D eigenvalue weighted by molar-refractivity contribution is 5.83. The van der Waals surface area contributed by atoms with E-state index in [4.69, 9.17) is 10.7 Å². The van der Waals surface area contributed by atoms with E-state index >= 15 is 0 Å². The number of halogens is 1. The molecule has 0 saturated carbocycles. The van der Waals surface area contributed by atoms with Crippen molar-refractivity contribution in [1.29, 1.82) is 0 Å². The zero-order valence-corrected chi connectivity index (χ0v) is 16.4. The van der Waals surface area contributed by atoms with Crippen molar-refractivity contribution in [1.82, 2.24) is 29.5 Å². The maximum atomic E-state index is 14.0. The second-order valence-electron chi connectivity index (χ2n) is 7.00. The lowest BCUT2D eigenvalue weighted by molar-refractivity contribution is 0.624. The number of imidazole rings is 1. The van der Waals surface area contributed by atoms with Crippen LogP contribution in [0.25, 0.3) is 27.8 Å². The number of hydrogen-bond acceptors (Lipinski definition) is 7. The van der Waals surface area contributed by atoms with E-state index in [2.05, 4.69) is 25.3 Å². The normalized spacial score (nSPS) is 12.3. The molecule has 5 rings (SSSR count). The van der Waals surface area contributed by atoms with Crippen LogP contribution in [0.1, 0.15) is 18.8 Å². The molecule has 1 atom stereocenters. The van der Waals surface area contributed by atoms with Gasteiger partial charge in [0.2, 0.25) is 5.95 Å². The third-order valence-electron chi connectivity index (χ3n) is 4.90. The Morgan fingerprint density at radius 2 is 1.97 bits per heavy atom. The zero-order valence-electron chi connectivity index (χ0n) is 16.4. The van der Waals surface area contributed by atoms with Gasteiger partial charge in [-0.2, -0.15) is 9.97 Å². The first-order valence-electron chi connectivity index (χ1n) is 9.52. The van der Waals surface area contributed by atoms with Crippen molar-refractivity contribution >= 4 is 33.8 Å². The van der Waals surface area contributed by atoms with Crippen LogP contribution in [0.2, 0.25) is 0 Å². The highest BCUT2D eigenvalue weighted by Gasteiger charge is 2.20. The van der Waals surface area contributed by atoms with Crippen molar-refractivity contribution < 1.29 is 4.39 Å². The van der Waals surface area contributed by atoms with Crippen molar-refractivity contribution in [2.24, 2.45) is 0 Å². The fraction of sp³-hybridized carbons (Fsp3) is 0.0952. The molecule has 3 aromatic heterocycles. The predicted molar refractivity (Wildman–Crippen MR) is 115 cm³/mol. The van der Waals surface area contributed by atoms with Crippen LogP contribution in [-0.2, 0) is 0 Å². The molecule has 9 nitrogen and oxygen atoms in total. The van der Waals surface area contributed by atoms with Crippen LogP contribution in [0.15, 0.2) is 59.7 Å². The number of H-pyrrole nitrogens is 1. The monoisotopic (exact) mass is 416 g/mol. The van der Waals surface area contributed by atoms with E-state index in [9.17, 15) is 9.18 Å². The van der Waals surface area contributed by atoms with Crippen molar-refractivity contribution in [2.45, 2.75) is 13.0 Å². The van der Waals surface area contributed by atoms with Crippen LogP contribution in [0.4, 0.5) is 16.2 Å². The van der Waals surface area contributed by atoms with Gasteiger partial charge in [-0.1, -0.05) is 18.2 Å². The molecule has 10 heteroatoms. The van der Waals surface area contributed by atoms with Gasteiger partial charge in [-0.05, 0) is 37.3 Å². The maximum absolute atomic E-state index is 14.0. The third kappa shape index (κ3) is 3.23. The van der Waals surface area contributed by atoms with E-state index in [1.807, 2.05) is 13.0 Å². The van der Waals surface area contributed by atoms with Gasteiger partial charge in [-0.15, -0.1) is 0 Å². The number of para-hydroxylation sites is 1. The molecule has 1 unspecified atom stereocenters. The number of benzene rings is 2. The molecule has 2 aromatic carbocycles. The summed E-state index contributed by atoms with van der Waals surface area (Å²) < 4.78 is 15.4. The number of aromatic nitrogens is 6. The Morgan fingerprint density at radius 3 is 2.81 bits per heavy atom. The number of aromatic amines is 1. The van der Waals surface area contributed by atoms with Gasteiger partial charge in [0, 0.05) is 0 Å². The Balaban J connectivity index is 1.70. The third-order valence-corrected chi connectivity index (χ3v) is 4.90. The largest absolute Gasteiger partial charge is 0.368 e. The number of nitrogens with one attached hydrogen (secondary N) is 2. The van der Waals surface area contributed by atoms with E-state index in [-0.39, 0.29) is 11.5 Å². The lowest BCUT2D eigenvalue weighted by Gasteiger charge is -2.20. The van der Waals surface area contributed by atoms with E-state index in [0.29, 0.717) is 39.4 Å². The van der Waals surface area contributed by atoms with Crippen LogP contribution in [-0.4, -0.2) is 29.5 Å². The zero-order chi connectivity index (χ0) is 21.5. The molecule has 0 spiro atoms. The second-order valence-corrected chi connectivity index (χ2v) is 7.00. The fourth-order valence-corrected chi connectivity index (χ4v) is 3.53. The number of nitrogen functional groups attached to an aromatic ring is 1. The van der Waals surface area contributed by atoms with E-state index in [1.54, 1.807) is 30.3 Å². The first kappa shape index (κ1) is 18.7. The Hall–Kier alpha value is -4.34. The first-order valence-corrected chi connectivity index (χ1v) is 9.52. The maximum Gasteiger partial charge on any atom is 0.266 e. The van der Waals surface area contributed by atoms with Crippen LogP contribution >= 0.6 is 0 Å². The van der Waals surface area contributed by atoms with Crippen LogP contribution < -0.4 is 16.6 Å². The summed E-state index contributed by atoms with van der Waals surface area (Å²) in [5.41, 5.74) is 7.41. The SMILES string of the molecule is CC(Nc1nc(N)nc2[nH]cnc12)c1nc2ccccc2c(=O)n1-c1cccc(F)c1. The number of nitrogens with two attached hydrogens (primary N) is 1. The minimum atomic E-state index is -0.505. The van der Waals surface area contributed by atoms with Gasteiger partial charge in [0.15, 0.2) is 11.5 Å². The van der Waals surface area contributed by atoms with Gasteiger partial charge < -0.3 is 16.0 Å². The predicted octanol–water partition coefficient (Wildman–Crippen LogP) is 2.95. The van der Waals surface area contributed by atoms with Crippen LogP contribution in [0.5, 0.6) is 0 Å². The molecule has 0 fully saturated rings. The van der Waals surface area contributed by atoms with E-state index < -0.39 is 11.9 Å². The molecule has 0 bridgehead atoms. The molecule has 4 N–H and O–H groups in total. The summed E-state index contributed by atoms with van der Waals surface area (Å²) in [5, 5.41) is 3.65. The van der Waals surface area contributed by atoms with E-state index in [0.717, 1.165) is 0 Å². The standard InChI is InChI=1S/C21H17FN8O/c1-11(26-18-16-17(25-10-24-16)28-21(23)29-18)19-27-15-8-3-2-7-14(15)20(31)30(19)13-6-4-5-12(22)9-13/h2-11H,1H3,(H4,23,24,25,26,28,29). The molecule has 0 aliphatic heterocycles. The van der Waals surface area contributed by atoms with Gasteiger partial charge in [0.05, 0.1) is 29.0 Å². The lowest BCUT2D eigenvalue weighted by Crippen LogP contribution is -2.27. The molecule has 31 heavy (non-hydrogen) atoms. The summed E-state index contributed by atoms with van der Waals surface area (Å²) in [5.74, 6) is 0.394. The average Bonchev–Trinajstić information content (AvgIpc) is 3.22. The van der Waals surface area contributed by atoms with Crippen molar-refractivity contribution in [3.63, 3.8) is 0 Å². The molecular weight excluding hydrogens is 399 g/mol. The second kappa shape index (κ2) is 7.17. The highest BCUT2D eigenvalue weighted by Crippen LogP contribution is 2.24. The highest BCUT2D eigenvalue weighted by atomic mass is 19.1. The van der Waals surface area contributed by atoms with Gasteiger partial charge in [0.1, 0.15) is 17.2 Å². The van der Waals surface area contributed by atoms with Crippen molar-refractivity contribution in [2.75, 3.05) is 11.1 Å². The summed E-state index contributed by atoms with van der Waals surface area (Å²) in [6.45, 7) is 1.82. The van der Waals surface area contributed by atoms with Gasteiger partial charge in [-0.3, -0.25) is 9.36 Å². The molecular formula is C21H17FN8O. The molecule has 0 saturated heterocycles. The molecule has 0 aliphatic rings. The summed E-state index contributed by atoms with van der Waals surface area (Å²) in [6.07, 6.45) is 1.49. The van der Waals surface area contributed by atoms with Crippen molar-refractivity contribution in [3.05, 3.63) is 76.9 Å². The molecule has 0 aliphatic carbocycles. The number of nitrogens with zero attached hydrogens (tertiary/aromatic N) is 5. The summed E-state index contributed by atoms with van der Waals surface area (Å²) >= 11 is 0. The van der Waals surface area contributed by atoms with Crippen molar-refractivity contribution in [3.8, 4) is 5.69 Å². The van der Waals surface area contributed by atoms with E-state index in [1.165, 1.54) is 23.0 Å². The van der Waals surface area contributed by atoms with Gasteiger partial charge in [0.25, 0.3) is 5.56 Å². The Kier molecular flexibility index (Phi) is 4.32. The molecule has 0 amide bonds. The Morgan fingerprint density at radius 1 is 1.13 bits per heavy atom. The summed E-state index contributed by atoms with van der Waals surface area (Å²) in [4.78, 5) is 33.5. The summed E-state index contributed by atoms with van der Waals surface area (Å²) in [7, 11) is 0.